The van der Waals surface area contributed by atoms with Gasteiger partial charge in [0.15, 0.2) is 0 Å². The minimum Gasteiger partial charge on any atom is -0.478 e. The molecule has 0 atom stereocenters. The Hall–Kier alpha value is -1.83. The van der Waals surface area contributed by atoms with Crippen molar-refractivity contribution in [1.29, 1.82) is 0 Å². The van der Waals surface area contributed by atoms with Gasteiger partial charge in [-0.3, -0.25) is 0 Å². The van der Waals surface area contributed by atoms with Gasteiger partial charge in [0.05, 0.1) is 0 Å². The molecule has 0 aromatic carbocycles. The van der Waals surface area contributed by atoms with Gasteiger partial charge in [-0.25, -0.2) is 4.79 Å². The van der Waals surface area contributed by atoms with Gasteiger partial charge in [0.1, 0.15) is 0 Å². The molecule has 0 aliphatic heterocycles. The molecule has 0 fully saturated rings. The smallest absolute Gasteiger partial charge is 0.328 e. The molecular weight excluding hydrogens is 332 g/mol. The predicted octanol–water partition coefficient (Wildman–Crippen LogP) is 7.31. The van der Waals surface area contributed by atoms with Crippen molar-refractivity contribution in [3.63, 3.8) is 0 Å². The fourth-order valence-electron chi connectivity index (χ4n) is 4.36. The van der Waals surface area contributed by atoms with E-state index in [1.807, 2.05) is 13.0 Å². The quantitative estimate of drug-likeness (QED) is 0.408. The van der Waals surface area contributed by atoms with Gasteiger partial charge in [-0.15, -0.1) is 0 Å². The SMILES string of the molecule is CC(C=C/C1=C(\C=CC2=C(C)CCCC2(C)C)CCCCCC1)=CC(=O)O. The Bertz CT molecular complexity index is 696. The van der Waals surface area contributed by atoms with E-state index in [0.29, 0.717) is 0 Å². The molecule has 0 aromatic heterocycles. The summed E-state index contributed by atoms with van der Waals surface area (Å²) in [5.74, 6) is -0.883. The van der Waals surface area contributed by atoms with E-state index in [1.54, 1.807) is 0 Å². The first kappa shape index (κ1) is 21.5. The molecule has 0 heterocycles. The number of allylic oxidation sites excluding steroid dienone is 9. The normalized spacial score (nSPS) is 25.1. The maximum atomic E-state index is 10.9. The zero-order valence-corrected chi connectivity index (χ0v) is 17.6. The summed E-state index contributed by atoms with van der Waals surface area (Å²) in [6, 6.07) is 0. The van der Waals surface area contributed by atoms with E-state index >= 15 is 0 Å². The molecule has 0 unspecified atom stereocenters. The lowest BCUT2D eigenvalue weighted by atomic mass is 9.72. The highest BCUT2D eigenvalue weighted by molar-refractivity contribution is 5.81. The van der Waals surface area contributed by atoms with E-state index in [-0.39, 0.29) is 5.41 Å². The minimum atomic E-state index is -0.883. The van der Waals surface area contributed by atoms with E-state index in [9.17, 15) is 4.79 Å². The molecule has 0 aromatic rings. The molecule has 2 rings (SSSR count). The third-order valence-electron chi connectivity index (χ3n) is 5.95. The van der Waals surface area contributed by atoms with Crippen LogP contribution in [0.5, 0.6) is 0 Å². The van der Waals surface area contributed by atoms with Gasteiger partial charge < -0.3 is 5.11 Å². The zero-order chi connectivity index (χ0) is 19.9. The summed E-state index contributed by atoms with van der Waals surface area (Å²) in [6.45, 7) is 8.86. The van der Waals surface area contributed by atoms with Crippen molar-refractivity contribution in [2.45, 2.75) is 85.5 Å². The lowest BCUT2D eigenvalue weighted by molar-refractivity contribution is -0.131. The van der Waals surface area contributed by atoms with Crippen LogP contribution >= 0.6 is 0 Å². The number of rotatable bonds is 5. The van der Waals surface area contributed by atoms with Crippen molar-refractivity contribution >= 4 is 5.97 Å². The average Bonchev–Trinajstić information content (AvgIpc) is 2.54. The number of hydrogen-bond acceptors (Lipinski definition) is 1. The van der Waals surface area contributed by atoms with Crippen molar-refractivity contribution in [3.05, 3.63) is 58.2 Å². The van der Waals surface area contributed by atoms with Crippen LogP contribution in [0, 0.1) is 5.41 Å². The topological polar surface area (TPSA) is 37.3 Å². The van der Waals surface area contributed by atoms with Crippen molar-refractivity contribution in [1.82, 2.24) is 0 Å². The highest BCUT2D eigenvalue weighted by Crippen LogP contribution is 2.41. The Balaban J connectivity index is 2.33. The summed E-state index contributed by atoms with van der Waals surface area (Å²) in [6.07, 6.45) is 21.1. The second kappa shape index (κ2) is 9.92. The minimum absolute atomic E-state index is 0.262. The van der Waals surface area contributed by atoms with Crippen LogP contribution in [-0.4, -0.2) is 11.1 Å². The molecule has 0 radical (unpaired) electrons. The van der Waals surface area contributed by atoms with Gasteiger partial charge in [-0.1, -0.05) is 56.6 Å². The molecule has 1 N–H and O–H groups in total. The van der Waals surface area contributed by atoms with Crippen LogP contribution in [-0.2, 0) is 4.79 Å². The number of hydrogen-bond donors (Lipinski definition) is 1. The monoisotopic (exact) mass is 368 g/mol. The average molecular weight is 369 g/mol. The van der Waals surface area contributed by atoms with Crippen LogP contribution in [0.25, 0.3) is 0 Å². The summed E-state index contributed by atoms with van der Waals surface area (Å²) in [4.78, 5) is 10.9. The molecule has 27 heavy (non-hydrogen) atoms. The highest BCUT2D eigenvalue weighted by Gasteiger charge is 2.26. The second-order valence-corrected chi connectivity index (χ2v) is 8.79. The summed E-state index contributed by atoms with van der Waals surface area (Å²) < 4.78 is 0. The first-order chi connectivity index (χ1) is 12.8. The lowest BCUT2D eigenvalue weighted by Crippen LogP contribution is -2.19. The number of carbonyl (C=O) groups is 1. The molecule has 2 aliphatic carbocycles. The Morgan fingerprint density at radius 1 is 0.926 bits per heavy atom. The third kappa shape index (κ3) is 6.68. The van der Waals surface area contributed by atoms with E-state index < -0.39 is 5.97 Å². The third-order valence-corrected chi connectivity index (χ3v) is 5.95. The van der Waals surface area contributed by atoms with Crippen LogP contribution in [0.3, 0.4) is 0 Å². The molecule has 148 valence electrons. The fraction of sp³-hybridized carbons (Fsp3) is 0.560. The van der Waals surface area contributed by atoms with Crippen molar-refractivity contribution in [2.75, 3.05) is 0 Å². The molecule has 2 nitrogen and oxygen atoms in total. The zero-order valence-electron chi connectivity index (χ0n) is 17.6. The molecule has 0 saturated carbocycles. The van der Waals surface area contributed by atoms with Crippen LogP contribution in [0.4, 0.5) is 0 Å². The Morgan fingerprint density at radius 2 is 1.56 bits per heavy atom. The van der Waals surface area contributed by atoms with Gasteiger partial charge in [0.25, 0.3) is 0 Å². The van der Waals surface area contributed by atoms with E-state index in [1.165, 1.54) is 73.3 Å². The van der Waals surface area contributed by atoms with Crippen LogP contribution in [0.15, 0.2) is 58.2 Å². The Kier molecular flexibility index (Phi) is 7.89. The van der Waals surface area contributed by atoms with Crippen LogP contribution < -0.4 is 0 Å². The Labute approximate surface area is 165 Å². The maximum Gasteiger partial charge on any atom is 0.328 e. The second-order valence-electron chi connectivity index (χ2n) is 8.79. The van der Waals surface area contributed by atoms with Crippen molar-refractivity contribution < 1.29 is 9.90 Å². The molecule has 0 bridgehead atoms. The fourth-order valence-corrected chi connectivity index (χ4v) is 4.36. The molecule has 0 amide bonds. The molecule has 0 saturated heterocycles. The lowest BCUT2D eigenvalue weighted by Gasteiger charge is -2.33. The number of carboxylic acid groups (broad SMARTS) is 1. The summed E-state index contributed by atoms with van der Waals surface area (Å²) >= 11 is 0. The first-order valence-electron chi connectivity index (χ1n) is 10.5. The molecule has 2 heteroatoms. The molecular formula is C25H36O2. The summed E-state index contributed by atoms with van der Waals surface area (Å²) in [5.41, 5.74) is 6.89. The largest absolute Gasteiger partial charge is 0.478 e. The number of aliphatic carboxylic acids is 1. The van der Waals surface area contributed by atoms with E-state index in [0.717, 1.165) is 18.4 Å². The molecule has 2 aliphatic rings. The van der Waals surface area contributed by atoms with Gasteiger partial charge in [-0.05, 0) is 86.5 Å². The van der Waals surface area contributed by atoms with Gasteiger partial charge >= 0.3 is 5.97 Å². The van der Waals surface area contributed by atoms with Gasteiger partial charge in [-0.2, -0.15) is 0 Å². The van der Waals surface area contributed by atoms with Gasteiger partial charge in [0.2, 0.25) is 0 Å². The van der Waals surface area contributed by atoms with E-state index in [4.69, 9.17) is 5.11 Å². The molecule has 0 spiro atoms. The van der Waals surface area contributed by atoms with Crippen molar-refractivity contribution in [3.8, 4) is 0 Å². The summed E-state index contributed by atoms with van der Waals surface area (Å²) in [5, 5.41) is 8.92. The standard InChI is InChI=1S/C25H36O2/c1-19(18-24(26)27)13-14-21-11-7-5-6-8-12-22(21)15-16-23-20(2)10-9-17-25(23,3)4/h13-16,18H,5-12,17H2,1-4H3,(H,26,27)/b14-13?,16-15?,19-18?,22-21-. The Morgan fingerprint density at radius 3 is 2.15 bits per heavy atom. The van der Waals surface area contributed by atoms with Crippen LogP contribution in [0.1, 0.15) is 85.5 Å². The van der Waals surface area contributed by atoms with Gasteiger partial charge in [0, 0.05) is 6.08 Å². The number of carboxylic acids is 1. The summed E-state index contributed by atoms with van der Waals surface area (Å²) in [7, 11) is 0. The first-order valence-corrected chi connectivity index (χ1v) is 10.5. The highest BCUT2D eigenvalue weighted by atomic mass is 16.4. The maximum absolute atomic E-state index is 10.9. The van der Waals surface area contributed by atoms with Crippen LogP contribution in [0.2, 0.25) is 0 Å². The van der Waals surface area contributed by atoms with E-state index in [2.05, 4.69) is 39.0 Å². The predicted molar refractivity (Wildman–Crippen MR) is 115 cm³/mol. The van der Waals surface area contributed by atoms with Crippen molar-refractivity contribution in [2.24, 2.45) is 5.41 Å².